The first-order valence-corrected chi connectivity index (χ1v) is 7.36. The van der Waals surface area contributed by atoms with E-state index >= 15 is 0 Å². The molecular formula is C16H24N2O2. The van der Waals surface area contributed by atoms with Crippen LogP contribution >= 0.6 is 0 Å². The topological polar surface area (TPSA) is 52.6 Å². The Morgan fingerprint density at radius 3 is 2.90 bits per heavy atom. The summed E-state index contributed by atoms with van der Waals surface area (Å²) < 4.78 is 0. The fraction of sp³-hybridized carbons (Fsp3) is 0.562. The van der Waals surface area contributed by atoms with E-state index in [1.165, 1.54) is 0 Å². The standard InChI is InChI=1S/C16H24N2O2/c1-13(15-5-3-2-4-6-15)17-16(20)12-18-9-7-14(11-18)8-10-19/h2-6,13-14,19H,7-12H2,1H3,(H,17,20). The van der Waals surface area contributed by atoms with E-state index in [1.807, 2.05) is 37.3 Å². The maximum absolute atomic E-state index is 12.0. The van der Waals surface area contributed by atoms with Crippen molar-refractivity contribution in [3.05, 3.63) is 35.9 Å². The summed E-state index contributed by atoms with van der Waals surface area (Å²) in [6, 6.07) is 10.0. The van der Waals surface area contributed by atoms with Crippen molar-refractivity contribution in [1.29, 1.82) is 0 Å². The molecule has 0 aliphatic carbocycles. The largest absolute Gasteiger partial charge is 0.396 e. The van der Waals surface area contributed by atoms with Gasteiger partial charge in [-0.1, -0.05) is 30.3 Å². The smallest absolute Gasteiger partial charge is 0.234 e. The molecule has 0 radical (unpaired) electrons. The van der Waals surface area contributed by atoms with Gasteiger partial charge in [0.15, 0.2) is 0 Å². The van der Waals surface area contributed by atoms with Crippen molar-refractivity contribution in [2.75, 3.05) is 26.2 Å². The first kappa shape index (κ1) is 15.0. The van der Waals surface area contributed by atoms with Crippen LogP contribution in [0.5, 0.6) is 0 Å². The molecule has 20 heavy (non-hydrogen) atoms. The summed E-state index contributed by atoms with van der Waals surface area (Å²) in [5.41, 5.74) is 1.13. The zero-order valence-corrected chi connectivity index (χ0v) is 12.1. The van der Waals surface area contributed by atoms with Crippen molar-refractivity contribution in [3.8, 4) is 0 Å². The van der Waals surface area contributed by atoms with E-state index in [0.29, 0.717) is 12.5 Å². The molecule has 4 heteroatoms. The normalized spacial score (nSPS) is 20.8. The van der Waals surface area contributed by atoms with Gasteiger partial charge < -0.3 is 10.4 Å². The van der Waals surface area contributed by atoms with Gasteiger partial charge >= 0.3 is 0 Å². The van der Waals surface area contributed by atoms with Crippen molar-refractivity contribution in [2.24, 2.45) is 5.92 Å². The number of benzene rings is 1. The Hall–Kier alpha value is -1.39. The van der Waals surface area contributed by atoms with Crippen LogP contribution in [-0.4, -0.2) is 42.2 Å². The average Bonchev–Trinajstić information content (AvgIpc) is 2.87. The van der Waals surface area contributed by atoms with Gasteiger partial charge in [-0.2, -0.15) is 0 Å². The molecule has 1 amide bonds. The van der Waals surface area contributed by atoms with E-state index in [4.69, 9.17) is 5.11 Å². The molecule has 1 aromatic rings. The Balaban J connectivity index is 1.76. The summed E-state index contributed by atoms with van der Waals surface area (Å²) in [6.45, 7) is 4.59. The quantitative estimate of drug-likeness (QED) is 0.829. The van der Waals surface area contributed by atoms with Crippen LogP contribution in [0.25, 0.3) is 0 Å². The lowest BCUT2D eigenvalue weighted by atomic mass is 10.1. The highest BCUT2D eigenvalue weighted by Gasteiger charge is 2.23. The fourth-order valence-electron chi connectivity index (χ4n) is 2.79. The first-order valence-electron chi connectivity index (χ1n) is 7.36. The number of hydrogen-bond donors (Lipinski definition) is 2. The third-order valence-electron chi connectivity index (χ3n) is 3.95. The van der Waals surface area contributed by atoms with Crippen LogP contribution in [0.15, 0.2) is 30.3 Å². The summed E-state index contributed by atoms with van der Waals surface area (Å²) in [6.07, 6.45) is 1.93. The molecule has 1 aromatic carbocycles. The Morgan fingerprint density at radius 2 is 2.20 bits per heavy atom. The predicted octanol–water partition coefficient (Wildman–Crippen LogP) is 1.57. The van der Waals surface area contributed by atoms with Gasteiger partial charge in [0.25, 0.3) is 0 Å². The van der Waals surface area contributed by atoms with Gasteiger partial charge in [0, 0.05) is 13.2 Å². The first-order chi connectivity index (χ1) is 9.69. The molecule has 2 N–H and O–H groups in total. The zero-order chi connectivity index (χ0) is 14.4. The third kappa shape index (κ3) is 4.32. The highest BCUT2D eigenvalue weighted by Crippen LogP contribution is 2.18. The molecule has 0 spiro atoms. The lowest BCUT2D eigenvalue weighted by Gasteiger charge is -2.18. The zero-order valence-electron chi connectivity index (χ0n) is 12.1. The number of aliphatic hydroxyl groups is 1. The second kappa shape index (κ2) is 7.41. The molecule has 1 aliphatic heterocycles. The highest BCUT2D eigenvalue weighted by molar-refractivity contribution is 5.78. The second-order valence-electron chi connectivity index (χ2n) is 5.60. The van der Waals surface area contributed by atoms with Crippen LogP contribution in [0.2, 0.25) is 0 Å². The lowest BCUT2D eigenvalue weighted by Crippen LogP contribution is -2.37. The van der Waals surface area contributed by atoms with Crippen molar-refractivity contribution >= 4 is 5.91 Å². The number of hydrogen-bond acceptors (Lipinski definition) is 3. The molecule has 1 fully saturated rings. The molecule has 2 unspecified atom stereocenters. The van der Waals surface area contributed by atoms with Crippen LogP contribution < -0.4 is 5.32 Å². The monoisotopic (exact) mass is 276 g/mol. The lowest BCUT2D eigenvalue weighted by molar-refractivity contribution is -0.122. The number of nitrogens with zero attached hydrogens (tertiary/aromatic N) is 1. The molecule has 0 saturated carbocycles. The molecule has 0 bridgehead atoms. The summed E-state index contributed by atoms with van der Waals surface area (Å²) in [7, 11) is 0. The van der Waals surface area contributed by atoms with Gasteiger partial charge in [0.1, 0.15) is 0 Å². The molecule has 2 rings (SSSR count). The van der Waals surface area contributed by atoms with Crippen molar-refractivity contribution in [1.82, 2.24) is 10.2 Å². The molecule has 0 aromatic heterocycles. The average molecular weight is 276 g/mol. The SMILES string of the molecule is CC(NC(=O)CN1CCC(CCO)C1)c1ccccc1. The van der Waals surface area contributed by atoms with Crippen LogP contribution in [0.4, 0.5) is 0 Å². The van der Waals surface area contributed by atoms with Crippen molar-refractivity contribution < 1.29 is 9.90 Å². The van der Waals surface area contributed by atoms with Crippen molar-refractivity contribution in [2.45, 2.75) is 25.8 Å². The maximum atomic E-state index is 12.0. The second-order valence-corrected chi connectivity index (χ2v) is 5.60. The van der Waals surface area contributed by atoms with E-state index < -0.39 is 0 Å². The summed E-state index contributed by atoms with van der Waals surface area (Å²) in [5, 5.41) is 12.0. The molecule has 1 heterocycles. The molecule has 4 nitrogen and oxygen atoms in total. The predicted molar refractivity (Wildman–Crippen MR) is 79.2 cm³/mol. The maximum Gasteiger partial charge on any atom is 0.234 e. The number of aliphatic hydroxyl groups excluding tert-OH is 1. The van der Waals surface area contributed by atoms with Gasteiger partial charge in [-0.3, -0.25) is 9.69 Å². The Bertz CT molecular complexity index is 422. The van der Waals surface area contributed by atoms with Gasteiger partial charge in [0.05, 0.1) is 12.6 Å². The van der Waals surface area contributed by atoms with Gasteiger partial charge in [-0.15, -0.1) is 0 Å². The summed E-state index contributed by atoms with van der Waals surface area (Å²) >= 11 is 0. The molecule has 2 atom stereocenters. The number of amides is 1. The number of rotatable bonds is 6. The summed E-state index contributed by atoms with van der Waals surface area (Å²) in [4.78, 5) is 14.2. The minimum Gasteiger partial charge on any atom is -0.396 e. The van der Waals surface area contributed by atoms with E-state index in [2.05, 4.69) is 10.2 Å². The van der Waals surface area contributed by atoms with Crippen LogP contribution in [-0.2, 0) is 4.79 Å². The molecule has 1 saturated heterocycles. The van der Waals surface area contributed by atoms with E-state index in [9.17, 15) is 4.79 Å². The van der Waals surface area contributed by atoms with E-state index in [0.717, 1.165) is 31.5 Å². The minimum atomic E-state index is 0.0412. The minimum absolute atomic E-state index is 0.0412. The van der Waals surface area contributed by atoms with Crippen LogP contribution in [0.3, 0.4) is 0 Å². The number of likely N-dealkylation sites (tertiary alicyclic amines) is 1. The number of carbonyl (C=O) groups excluding carboxylic acids is 1. The number of carbonyl (C=O) groups is 1. The van der Waals surface area contributed by atoms with Gasteiger partial charge in [-0.25, -0.2) is 0 Å². The molecular weight excluding hydrogens is 252 g/mol. The molecule has 110 valence electrons. The fourth-order valence-corrected chi connectivity index (χ4v) is 2.79. The third-order valence-corrected chi connectivity index (χ3v) is 3.95. The van der Waals surface area contributed by atoms with E-state index in [-0.39, 0.29) is 18.6 Å². The van der Waals surface area contributed by atoms with Crippen LogP contribution in [0, 0.1) is 5.92 Å². The highest BCUT2D eigenvalue weighted by atomic mass is 16.3. The Kier molecular flexibility index (Phi) is 5.56. The number of nitrogens with one attached hydrogen (secondary N) is 1. The van der Waals surface area contributed by atoms with E-state index in [1.54, 1.807) is 0 Å². The van der Waals surface area contributed by atoms with Crippen LogP contribution in [0.1, 0.15) is 31.4 Å². The Morgan fingerprint density at radius 1 is 1.45 bits per heavy atom. The summed E-state index contributed by atoms with van der Waals surface area (Å²) in [5.74, 6) is 0.616. The molecule has 1 aliphatic rings. The van der Waals surface area contributed by atoms with Crippen molar-refractivity contribution in [3.63, 3.8) is 0 Å². The van der Waals surface area contributed by atoms with Gasteiger partial charge in [0.2, 0.25) is 5.91 Å². The Labute approximate surface area is 120 Å². The van der Waals surface area contributed by atoms with Gasteiger partial charge in [-0.05, 0) is 37.8 Å².